The standard InChI is InChI=1S/C27H28N2O4S/c1-18-5-7-21(8-6-18)15-27(31)28-17-19(2)29(20(3)30)25-14-11-23(16-26(25)28)22-9-12-24(13-10-22)34(4,32)33/h5-14,16,19H,15,17H2,1-4H3/t19-/m0/s1. The molecule has 0 radical (unpaired) electrons. The molecule has 1 atom stereocenters. The number of nitrogens with zero attached hydrogens (tertiary/aromatic N) is 2. The third kappa shape index (κ3) is 4.75. The number of amides is 2. The molecule has 1 aliphatic heterocycles. The van der Waals surface area contributed by atoms with Gasteiger partial charge in [-0.1, -0.05) is 48.0 Å². The molecule has 2 amide bonds. The summed E-state index contributed by atoms with van der Waals surface area (Å²) >= 11 is 0. The van der Waals surface area contributed by atoms with Gasteiger partial charge in [-0.15, -0.1) is 0 Å². The number of carbonyl (C=O) groups is 2. The first-order valence-electron chi connectivity index (χ1n) is 11.1. The maximum Gasteiger partial charge on any atom is 0.231 e. The summed E-state index contributed by atoms with van der Waals surface area (Å²) < 4.78 is 23.6. The fourth-order valence-corrected chi connectivity index (χ4v) is 5.02. The fraction of sp³-hybridized carbons (Fsp3) is 0.259. The second kappa shape index (κ2) is 9.06. The van der Waals surface area contributed by atoms with Crippen LogP contribution in [0, 0.1) is 6.92 Å². The van der Waals surface area contributed by atoms with Gasteiger partial charge in [0.25, 0.3) is 0 Å². The molecule has 3 aromatic rings. The van der Waals surface area contributed by atoms with E-state index in [1.165, 1.54) is 13.2 Å². The van der Waals surface area contributed by atoms with Gasteiger partial charge in [-0.3, -0.25) is 9.59 Å². The highest BCUT2D eigenvalue weighted by Crippen LogP contribution is 2.39. The van der Waals surface area contributed by atoms with Crippen LogP contribution in [0.1, 0.15) is 25.0 Å². The Hall–Kier alpha value is -3.45. The zero-order valence-corrected chi connectivity index (χ0v) is 20.6. The minimum absolute atomic E-state index is 0.0373. The van der Waals surface area contributed by atoms with Crippen molar-refractivity contribution in [3.63, 3.8) is 0 Å². The number of fused-ring (bicyclic) bond motifs is 1. The first kappa shape index (κ1) is 23.7. The summed E-state index contributed by atoms with van der Waals surface area (Å²) in [6.45, 7) is 5.87. The molecule has 0 fully saturated rings. The van der Waals surface area contributed by atoms with Crippen molar-refractivity contribution in [1.29, 1.82) is 0 Å². The fourth-order valence-electron chi connectivity index (χ4n) is 4.39. The van der Waals surface area contributed by atoms with Crippen molar-refractivity contribution in [2.75, 3.05) is 22.6 Å². The van der Waals surface area contributed by atoms with E-state index < -0.39 is 9.84 Å². The third-order valence-electron chi connectivity index (χ3n) is 6.15. The highest BCUT2D eigenvalue weighted by molar-refractivity contribution is 7.90. The summed E-state index contributed by atoms with van der Waals surface area (Å²) in [6, 6.07) is 20.1. The molecule has 0 saturated heterocycles. The van der Waals surface area contributed by atoms with Gasteiger partial charge < -0.3 is 9.80 Å². The van der Waals surface area contributed by atoms with Gasteiger partial charge in [-0.25, -0.2) is 8.42 Å². The highest BCUT2D eigenvalue weighted by atomic mass is 32.2. The molecule has 4 rings (SSSR count). The first-order valence-corrected chi connectivity index (χ1v) is 13.0. The SMILES string of the molecule is CC(=O)N1c2ccc(-c3ccc(S(C)(=O)=O)cc3)cc2N(C(=O)Cc2ccc(C)cc2)C[C@@H]1C. The van der Waals surface area contributed by atoms with Crippen LogP contribution in [-0.2, 0) is 25.8 Å². The Balaban J connectivity index is 1.74. The van der Waals surface area contributed by atoms with Crippen molar-refractivity contribution in [2.45, 2.75) is 38.1 Å². The Kier molecular flexibility index (Phi) is 6.32. The first-order chi connectivity index (χ1) is 16.0. The van der Waals surface area contributed by atoms with E-state index >= 15 is 0 Å². The van der Waals surface area contributed by atoms with E-state index in [-0.39, 0.29) is 29.2 Å². The number of carbonyl (C=O) groups excluding carboxylic acids is 2. The average molecular weight is 477 g/mol. The van der Waals surface area contributed by atoms with Gasteiger partial charge in [0.2, 0.25) is 11.8 Å². The van der Waals surface area contributed by atoms with E-state index in [4.69, 9.17) is 0 Å². The lowest BCUT2D eigenvalue weighted by Gasteiger charge is -2.41. The van der Waals surface area contributed by atoms with Crippen LogP contribution in [0.5, 0.6) is 0 Å². The Morgan fingerprint density at radius 3 is 2.12 bits per heavy atom. The summed E-state index contributed by atoms with van der Waals surface area (Å²) in [5.74, 6) is -0.116. The molecule has 0 saturated carbocycles. The number of benzene rings is 3. The van der Waals surface area contributed by atoms with Gasteiger partial charge in [0, 0.05) is 19.7 Å². The van der Waals surface area contributed by atoms with E-state index in [2.05, 4.69) is 0 Å². The van der Waals surface area contributed by atoms with Crippen LogP contribution in [0.25, 0.3) is 11.1 Å². The van der Waals surface area contributed by atoms with Gasteiger partial charge in [-0.05, 0) is 54.8 Å². The topological polar surface area (TPSA) is 74.8 Å². The molecule has 176 valence electrons. The Morgan fingerprint density at radius 1 is 0.912 bits per heavy atom. The number of sulfone groups is 1. The van der Waals surface area contributed by atoms with Gasteiger partial charge in [0.05, 0.1) is 28.7 Å². The van der Waals surface area contributed by atoms with Crippen LogP contribution >= 0.6 is 0 Å². The van der Waals surface area contributed by atoms with Crippen molar-refractivity contribution in [1.82, 2.24) is 0 Å². The van der Waals surface area contributed by atoms with Crippen LogP contribution in [0.4, 0.5) is 11.4 Å². The summed E-state index contributed by atoms with van der Waals surface area (Å²) in [6.07, 6.45) is 1.44. The van der Waals surface area contributed by atoms with Gasteiger partial charge in [0.1, 0.15) is 0 Å². The van der Waals surface area contributed by atoms with E-state index in [1.807, 2.05) is 56.3 Å². The van der Waals surface area contributed by atoms with Gasteiger partial charge >= 0.3 is 0 Å². The van der Waals surface area contributed by atoms with Crippen LogP contribution in [0.15, 0.2) is 71.6 Å². The molecule has 0 N–H and O–H groups in total. The summed E-state index contributed by atoms with van der Waals surface area (Å²) in [4.78, 5) is 29.6. The highest BCUT2D eigenvalue weighted by Gasteiger charge is 2.33. The van der Waals surface area contributed by atoms with Crippen molar-refractivity contribution >= 4 is 33.0 Å². The monoisotopic (exact) mass is 476 g/mol. The number of rotatable bonds is 4. The molecule has 0 spiro atoms. The molecule has 0 aliphatic carbocycles. The lowest BCUT2D eigenvalue weighted by Crippen LogP contribution is -2.51. The predicted molar refractivity (Wildman–Crippen MR) is 135 cm³/mol. The molecule has 1 aliphatic rings. The van der Waals surface area contributed by atoms with Crippen molar-refractivity contribution < 1.29 is 18.0 Å². The molecule has 0 bridgehead atoms. The Morgan fingerprint density at radius 2 is 1.53 bits per heavy atom. The maximum absolute atomic E-state index is 13.4. The smallest absolute Gasteiger partial charge is 0.231 e. The third-order valence-corrected chi connectivity index (χ3v) is 7.27. The molecule has 0 unspecified atom stereocenters. The van der Waals surface area contributed by atoms with Crippen molar-refractivity contribution in [3.05, 3.63) is 77.9 Å². The van der Waals surface area contributed by atoms with E-state index in [0.717, 1.165) is 22.3 Å². The van der Waals surface area contributed by atoms with E-state index in [1.54, 1.807) is 34.1 Å². The number of hydrogen-bond acceptors (Lipinski definition) is 4. The second-order valence-electron chi connectivity index (χ2n) is 8.90. The molecule has 34 heavy (non-hydrogen) atoms. The van der Waals surface area contributed by atoms with Crippen LogP contribution in [0.3, 0.4) is 0 Å². The van der Waals surface area contributed by atoms with Gasteiger partial charge in [0.15, 0.2) is 9.84 Å². The van der Waals surface area contributed by atoms with E-state index in [0.29, 0.717) is 17.9 Å². The van der Waals surface area contributed by atoms with Crippen LogP contribution in [0.2, 0.25) is 0 Å². The molecule has 7 heteroatoms. The molecule has 1 heterocycles. The second-order valence-corrected chi connectivity index (χ2v) is 10.9. The number of hydrogen-bond donors (Lipinski definition) is 0. The minimum atomic E-state index is -3.29. The van der Waals surface area contributed by atoms with Gasteiger partial charge in [-0.2, -0.15) is 0 Å². The van der Waals surface area contributed by atoms with Crippen LogP contribution < -0.4 is 9.80 Å². The van der Waals surface area contributed by atoms with Crippen molar-refractivity contribution in [3.8, 4) is 11.1 Å². The molecule has 6 nitrogen and oxygen atoms in total. The lowest BCUT2D eigenvalue weighted by atomic mass is 10.00. The average Bonchev–Trinajstić information content (AvgIpc) is 2.79. The summed E-state index contributed by atoms with van der Waals surface area (Å²) in [5.41, 5.74) is 5.11. The maximum atomic E-state index is 13.4. The zero-order chi connectivity index (χ0) is 24.6. The van der Waals surface area contributed by atoms with E-state index in [9.17, 15) is 18.0 Å². The molecule has 0 aromatic heterocycles. The molecular weight excluding hydrogens is 448 g/mol. The lowest BCUT2D eigenvalue weighted by molar-refractivity contribution is -0.119. The molecular formula is C27H28N2O4S. The number of anilines is 2. The Bertz CT molecular complexity index is 1350. The normalized spacial score (nSPS) is 15.7. The molecule has 3 aromatic carbocycles. The predicted octanol–water partition coefficient (Wildman–Crippen LogP) is 4.40. The largest absolute Gasteiger partial charge is 0.308 e. The zero-order valence-electron chi connectivity index (χ0n) is 19.8. The summed E-state index contributed by atoms with van der Waals surface area (Å²) in [5, 5.41) is 0. The van der Waals surface area contributed by atoms with Crippen LogP contribution in [-0.4, -0.2) is 39.1 Å². The minimum Gasteiger partial charge on any atom is -0.308 e. The summed E-state index contributed by atoms with van der Waals surface area (Å²) in [7, 11) is -3.29. The Labute approximate surface area is 200 Å². The number of aryl methyl sites for hydroxylation is 1. The van der Waals surface area contributed by atoms with Crippen molar-refractivity contribution in [2.24, 2.45) is 0 Å². The quantitative estimate of drug-likeness (QED) is 0.560.